The zero-order valence-corrected chi connectivity index (χ0v) is 14.0. The van der Waals surface area contributed by atoms with Crippen molar-refractivity contribution in [3.63, 3.8) is 0 Å². The first-order valence-corrected chi connectivity index (χ1v) is 8.13. The number of methoxy groups -OCH3 is 1. The molecule has 1 N–H and O–H groups in total. The molecule has 0 saturated heterocycles. The fourth-order valence-corrected chi connectivity index (χ4v) is 2.41. The van der Waals surface area contributed by atoms with Crippen molar-refractivity contribution in [3.05, 3.63) is 24.3 Å². The van der Waals surface area contributed by atoms with Gasteiger partial charge < -0.3 is 14.8 Å². The molecular weight excluding hydrogens is 262 g/mol. The minimum atomic E-state index is 0.684. The van der Waals surface area contributed by atoms with Crippen molar-refractivity contribution in [2.75, 3.05) is 26.8 Å². The van der Waals surface area contributed by atoms with Crippen molar-refractivity contribution in [2.24, 2.45) is 11.8 Å². The summed E-state index contributed by atoms with van der Waals surface area (Å²) in [5.74, 6) is 3.04. The molecule has 21 heavy (non-hydrogen) atoms. The van der Waals surface area contributed by atoms with Gasteiger partial charge in [0.2, 0.25) is 0 Å². The van der Waals surface area contributed by atoms with Crippen LogP contribution in [0.15, 0.2) is 24.3 Å². The molecule has 0 aliphatic heterocycles. The largest absolute Gasteiger partial charge is 0.493 e. The SMILES string of the molecule is CCCC(CCOc1ccccc1OC)CNCC(C)C. The van der Waals surface area contributed by atoms with Crippen LogP contribution in [0.3, 0.4) is 0 Å². The van der Waals surface area contributed by atoms with Crippen LogP contribution in [0.1, 0.15) is 40.0 Å². The highest BCUT2D eigenvalue weighted by Crippen LogP contribution is 2.26. The first-order chi connectivity index (χ1) is 10.2. The maximum Gasteiger partial charge on any atom is 0.161 e. The van der Waals surface area contributed by atoms with Crippen LogP contribution in [0.25, 0.3) is 0 Å². The quantitative estimate of drug-likeness (QED) is 0.665. The highest BCUT2D eigenvalue weighted by atomic mass is 16.5. The van der Waals surface area contributed by atoms with E-state index in [0.29, 0.717) is 11.8 Å². The lowest BCUT2D eigenvalue weighted by atomic mass is 10.00. The lowest BCUT2D eigenvalue weighted by molar-refractivity contribution is 0.254. The minimum absolute atomic E-state index is 0.684. The summed E-state index contributed by atoms with van der Waals surface area (Å²) >= 11 is 0. The molecule has 0 amide bonds. The van der Waals surface area contributed by atoms with Crippen molar-refractivity contribution in [1.29, 1.82) is 0 Å². The highest BCUT2D eigenvalue weighted by molar-refractivity contribution is 5.39. The Balaban J connectivity index is 2.35. The molecule has 0 bridgehead atoms. The first kappa shape index (κ1) is 17.8. The van der Waals surface area contributed by atoms with Crippen LogP contribution in [0, 0.1) is 11.8 Å². The maximum atomic E-state index is 5.88. The van der Waals surface area contributed by atoms with E-state index >= 15 is 0 Å². The van der Waals surface area contributed by atoms with Gasteiger partial charge in [-0.3, -0.25) is 0 Å². The van der Waals surface area contributed by atoms with Gasteiger partial charge in [-0.15, -0.1) is 0 Å². The second kappa shape index (κ2) is 10.5. The van der Waals surface area contributed by atoms with E-state index in [4.69, 9.17) is 9.47 Å². The summed E-state index contributed by atoms with van der Waals surface area (Å²) in [4.78, 5) is 0. The van der Waals surface area contributed by atoms with E-state index in [1.165, 1.54) is 12.8 Å². The molecule has 1 atom stereocenters. The lowest BCUT2D eigenvalue weighted by Gasteiger charge is -2.18. The van der Waals surface area contributed by atoms with E-state index < -0.39 is 0 Å². The number of benzene rings is 1. The molecule has 0 fully saturated rings. The number of nitrogens with one attached hydrogen (secondary N) is 1. The van der Waals surface area contributed by atoms with Crippen LogP contribution < -0.4 is 14.8 Å². The van der Waals surface area contributed by atoms with Crippen LogP contribution in [0.5, 0.6) is 11.5 Å². The predicted octanol–water partition coefficient (Wildman–Crippen LogP) is 4.13. The molecule has 0 aliphatic rings. The summed E-state index contributed by atoms with van der Waals surface area (Å²) in [5, 5.41) is 3.56. The summed E-state index contributed by atoms with van der Waals surface area (Å²) in [6, 6.07) is 7.83. The van der Waals surface area contributed by atoms with E-state index in [1.54, 1.807) is 7.11 Å². The molecule has 3 heteroatoms. The average molecular weight is 293 g/mol. The Kier molecular flexibility index (Phi) is 8.91. The summed E-state index contributed by atoms with van der Waals surface area (Å²) in [7, 11) is 1.68. The molecule has 0 spiro atoms. The van der Waals surface area contributed by atoms with E-state index in [0.717, 1.165) is 37.6 Å². The van der Waals surface area contributed by atoms with Crippen molar-refractivity contribution in [3.8, 4) is 11.5 Å². The normalized spacial score (nSPS) is 12.4. The van der Waals surface area contributed by atoms with Crippen molar-refractivity contribution < 1.29 is 9.47 Å². The Morgan fingerprint density at radius 2 is 1.76 bits per heavy atom. The molecule has 1 rings (SSSR count). The Morgan fingerprint density at radius 3 is 2.38 bits per heavy atom. The monoisotopic (exact) mass is 293 g/mol. The number of hydrogen-bond donors (Lipinski definition) is 1. The molecule has 3 nitrogen and oxygen atoms in total. The predicted molar refractivity (Wildman–Crippen MR) is 89.2 cm³/mol. The van der Waals surface area contributed by atoms with Gasteiger partial charge in [0.1, 0.15) is 0 Å². The van der Waals surface area contributed by atoms with E-state index in [9.17, 15) is 0 Å². The first-order valence-electron chi connectivity index (χ1n) is 8.13. The van der Waals surface area contributed by atoms with Crippen LogP contribution in [-0.4, -0.2) is 26.8 Å². The third-order valence-corrected chi connectivity index (χ3v) is 3.54. The van der Waals surface area contributed by atoms with Gasteiger partial charge >= 0.3 is 0 Å². The van der Waals surface area contributed by atoms with Crippen LogP contribution >= 0.6 is 0 Å². The molecule has 1 unspecified atom stereocenters. The summed E-state index contributed by atoms with van der Waals surface area (Å²) < 4.78 is 11.2. The van der Waals surface area contributed by atoms with Gasteiger partial charge in [-0.05, 0) is 49.9 Å². The Labute approximate surface area is 130 Å². The zero-order chi connectivity index (χ0) is 15.5. The Morgan fingerprint density at radius 1 is 1.05 bits per heavy atom. The van der Waals surface area contributed by atoms with E-state index in [1.807, 2.05) is 24.3 Å². The van der Waals surface area contributed by atoms with E-state index in [-0.39, 0.29) is 0 Å². The van der Waals surface area contributed by atoms with Gasteiger partial charge in [0.05, 0.1) is 13.7 Å². The molecule has 0 heterocycles. The smallest absolute Gasteiger partial charge is 0.161 e. The van der Waals surface area contributed by atoms with Crippen molar-refractivity contribution >= 4 is 0 Å². The number of para-hydroxylation sites is 2. The molecule has 0 aliphatic carbocycles. The molecular formula is C18H31NO2. The van der Waals surface area contributed by atoms with Crippen molar-refractivity contribution in [2.45, 2.75) is 40.0 Å². The second-order valence-electron chi connectivity index (χ2n) is 5.99. The molecule has 0 radical (unpaired) electrons. The van der Waals surface area contributed by atoms with Gasteiger partial charge in [-0.25, -0.2) is 0 Å². The molecule has 0 saturated carbocycles. The lowest BCUT2D eigenvalue weighted by Crippen LogP contribution is -2.27. The summed E-state index contributed by atoms with van der Waals surface area (Å²) in [6.45, 7) is 9.65. The van der Waals surface area contributed by atoms with Crippen LogP contribution in [-0.2, 0) is 0 Å². The molecule has 120 valence electrons. The van der Waals surface area contributed by atoms with Gasteiger partial charge in [-0.1, -0.05) is 39.3 Å². The van der Waals surface area contributed by atoms with Gasteiger partial charge in [0, 0.05) is 0 Å². The molecule has 1 aromatic rings. The average Bonchev–Trinajstić information content (AvgIpc) is 2.47. The Bertz CT molecular complexity index is 379. The maximum absolute atomic E-state index is 5.88. The molecule has 0 aromatic heterocycles. The number of hydrogen-bond acceptors (Lipinski definition) is 3. The fourth-order valence-electron chi connectivity index (χ4n) is 2.41. The van der Waals surface area contributed by atoms with Gasteiger partial charge in [-0.2, -0.15) is 0 Å². The minimum Gasteiger partial charge on any atom is -0.493 e. The van der Waals surface area contributed by atoms with Crippen LogP contribution in [0.4, 0.5) is 0 Å². The number of ether oxygens (including phenoxy) is 2. The molecule has 1 aromatic carbocycles. The third kappa shape index (κ3) is 7.37. The summed E-state index contributed by atoms with van der Waals surface area (Å²) in [5.41, 5.74) is 0. The van der Waals surface area contributed by atoms with Gasteiger partial charge in [0.15, 0.2) is 11.5 Å². The van der Waals surface area contributed by atoms with E-state index in [2.05, 4.69) is 26.1 Å². The highest BCUT2D eigenvalue weighted by Gasteiger charge is 2.09. The van der Waals surface area contributed by atoms with Crippen LogP contribution in [0.2, 0.25) is 0 Å². The third-order valence-electron chi connectivity index (χ3n) is 3.54. The zero-order valence-electron chi connectivity index (χ0n) is 14.0. The summed E-state index contributed by atoms with van der Waals surface area (Å²) in [6.07, 6.45) is 3.56. The standard InChI is InChI=1S/C18H31NO2/c1-5-8-16(14-19-13-15(2)3)11-12-21-18-10-7-6-9-17(18)20-4/h6-7,9-10,15-16,19H,5,8,11-14H2,1-4H3. The van der Waals surface area contributed by atoms with Gasteiger partial charge in [0.25, 0.3) is 0 Å². The van der Waals surface area contributed by atoms with Crippen molar-refractivity contribution in [1.82, 2.24) is 5.32 Å². The fraction of sp³-hybridized carbons (Fsp3) is 0.667. The second-order valence-corrected chi connectivity index (χ2v) is 5.99. The number of rotatable bonds is 11. The topological polar surface area (TPSA) is 30.5 Å². The Hall–Kier alpha value is -1.22.